The van der Waals surface area contributed by atoms with Crippen molar-refractivity contribution in [1.29, 1.82) is 0 Å². The monoisotopic (exact) mass is 321 g/mol. The van der Waals surface area contributed by atoms with E-state index in [1.165, 1.54) is 0 Å². The van der Waals surface area contributed by atoms with Gasteiger partial charge in [-0.05, 0) is 37.3 Å². The summed E-state index contributed by atoms with van der Waals surface area (Å²) in [6, 6.07) is 13.3. The molecule has 5 heteroatoms. The number of halogens is 2. The number of nitrogens with zero attached hydrogens (tertiary/aromatic N) is 2. The Morgan fingerprint density at radius 3 is 2.52 bits per heavy atom. The van der Waals surface area contributed by atoms with Crippen molar-refractivity contribution in [2.24, 2.45) is 5.10 Å². The van der Waals surface area contributed by atoms with Gasteiger partial charge in [-0.3, -0.25) is 5.01 Å². The zero-order valence-electron chi connectivity index (χ0n) is 12.2. The van der Waals surface area contributed by atoms with Gasteiger partial charge in [-0.2, -0.15) is 5.10 Å². The molecular weight excluding hydrogens is 305 g/mol. The van der Waals surface area contributed by atoms with Crippen LogP contribution < -0.4 is 10.3 Å². The molecule has 0 aliphatic heterocycles. The van der Waals surface area contributed by atoms with Crippen molar-refractivity contribution in [2.75, 3.05) is 24.4 Å². The Labute approximate surface area is 135 Å². The topological polar surface area (TPSA) is 27.6 Å². The molecule has 0 aliphatic rings. The van der Waals surface area contributed by atoms with Crippen LogP contribution in [-0.4, -0.2) is 19.8 Å². The molecule has 0 saturated carbocycles. The second-order valence-corrected chi connectivity index (χ2v) is 5.44. The van der Waals surface area contributed by atoms with E-state index in [9.17, 15) is 0 Å². The lowest BCUT2D eigenvalue weighted by molar-refractivity contribution is 1.01. The predicted molar refractivity (Wildman–Crippen MR) is 93.1 cm³/mol. The summed E-state index contributed by atoms with van der Waals surface area (Å²) in [5.41, 5.74) is 3.65. The normalized spacial score (nSPS) is 11.4. The number of benzene rings is 2. The number of nitrogens with one attached hydrogen (secondary N) is 1. The highest BCUT2D eigenvalue weighted by Crippen LogP contribution is 2.26. The highest BCUT2D eigenvalue weighted by atomic mass is 35.5. The maximum Gasteiger partial charge on any atom is 0.0776 e. The average molecular weight is 322 g/mol. The van der Waals surface area contributed by atoms with Gasteiger partial charge in [-0.15, -0.1) is 0 Å². The minimum Gasteiger partial charge on any atom is -0.388 e. The van der Waals surface area contributed by atoms with Crippen molar-refractivity contribution in [3.63, 3.8) is 0 Å². The van der Waals surface area contributed by atoms with Crippen LogP contribution in [0.25, 0.3) is 0 Å². The Morgan fingerprint density at radius 1 is 1.14 bits per heavy atom. The van der Waals surface area contributed by atoms with Gasteiger partial charge < -0.3 is 5.32 Å². The van der Waals surface area contributed by atoms with Gasteiger partial charge in [0.05, 0.1) is 16.4 Å². The number of anilines is 2. The fourth-order valence-corrected chi connectivity index (χ4v) is 2.51. The van der Waals surface area contributed by atoms with Gasteiger partial charge in [-0.25, -0.2) is 0 Å². The maximum atomic E-state index is 6.19. The molecule has 0 amide bonds. The van der Waals surface area contributed by atoms with E-state index in [1.807, 2.05) is 63.5 Å². The lowest BCUT2D eigenvalue weighted by Crippen LogP contribution is -2.13. The first kappa shape index (κ1) is 15.7. The molecule has 0 atom stereocenters. The number of hydrazone groups is 1. The summed E-state index contributed by atoms with van der Waals surface area (Å²) in [6.45, 7) is 1.94. The van der Waals surface area contributed by atoms with Crippen molar-refractivity contribution in [2.45, 2.75) is 6.92 Å². The van der Waals surface area contributed by atoms with Gasteiger partial charge >= 0.3 is 0 Å². The first-order valence-corrected chi connectivity index (χ1v) is 7.29. The summed E-state index contributed by atoms with van der Waals surface area (Å²) in [7, 11) is 3.74. The third kappa shape index (κ3) is 3.69. The molecule has 2 aromatic carbocycles. The highest BCUT2D eigenvalue weighted by Gasteiger charge is 2.09. The quantitative estimate of drug-likeness (QED) is 0.641. The molecule has 0 heterocycles. The molecule has 1 N–H and O–H groups in total. The van der Waals surface area contributed by atoms with Crippen molar-refractivity contribution in [3.05, 3.63) is 58.1 Å². The molecule has 0 aromatic heterocycles. The van der Waals surface area contributed by atoms with Crippen LogP contribution in [0.3, 0.4) is 0 Å². The van der Waals surface area contributed by atoms with Crippen LogP contribution in [0.5, 0.6) is 0 Å². The van der Waals surface area contributed by atoms with Gasteiger partial charge in [0.25, 0.3) is 0 Å². The minimum atomic E-state index is 0.663. The molecule has 0 spiro atoms. The number of rotatable bonds is 4. The van der Waals surface area contributed by atoms with Crippen LogP contribution in [0.1, 0.15) is 12.5 Å². The van der Waals surface area contributed by atoms with Gasteiger partial charge in [-0.1, -0.05) is 35.3 Å². The number of hydrogen-bond donors (Lipinski definition) is 1. The van der Waals surface area contributed by atoms with E-state index < -0.39 is 0 Å². The van der Waals surface area contributed by atoms with Crippen molar-refractivity contribution in [3.8, 4) is 0 Å². The molecule has 0 unspecified atom stereocenters. The first-order valence-electron chi connectivity index (χ1n) is 6.54. The van der Waals surface area contributed by atoms with E-state index in [0.29, 0.717) is 10.0 Å². The van der Waals surface area contributed by atoms with Gasteiger partial charge in [0.1, 0.15) is 0 Å². The molecule has 3 nitrogen and oxygen atoms in total. The van der Waals surface area contributed by atoms with Gasteiger partial charge in [0.2, 0.25) is 0 Å². The Balaban J connectivity index is 2.37. The summed E-state index contributed by atoms with van der Waals surface area (Å²) in [6.07, 6.45) is 0. The fourth-order valence-electron chi connectivity index (χ4n) is 2.08. The molecule has 0 bridgehead atoms. The largest absolute Gasteiger partial charge is 0.388 e. The zero-order chi connectivity index (χ0) is 15.4. The average Bonchev–Trinajstić information content (AvgIpc) is 2.47. The van der Waals surface area contributed by atoms with Crippen molar-refractivity contribution < 1.29 is 0 Å². The molecule has 110 valence electrons. The highest BCUT2D eigenvalue weighted by molar-refractivity contribution is 6.33. The summed E-state index contributed by atoms with van der Waals surface area (Å²) < 4.78 is 0. The van der Waals surface area contributed by atoms with E-state index in [1.54, 1.807) is 5.01 Å². The van der Waals surface area contributed by atoms with Crippen LogP contribution in [0.15, 0.2) is 47.6 Å². The summed E-state index contributed by atoms with van der Waals surface area (Å²) in [5, 5.41) is 10.8. The van der Waals surface area contributed by atoms with Crippen LogP contribution in [-0.2, 0) is 0 Å². The van der Waals surface area contributed by atoms with E-state index >= 15 is 0 Å². The van der Waals surface area contributed by atoms with Gasteiger partial charge in [0, 0.05) is 30.4 Å². The summed E-state index contributed by atoms with van der Waals surface area (Å²) in [5.74, 6) is 0. The third-order valence-electron chi connectivity index (χ3n) is 3.14. The van der Waals surface area contributed by atoms with Crippen LogP contribution in [0.2, 0.25) is 10.0 Å². The predicted octanol–water partition coefficient (Wildman–Crippen LogP) is 4.90. The van der Waals surface area contributed by atoms with E-state index in [2.05, 4.69) is 10.4 Å². The Kier molecular flexibility index (Phi) is 5.10. The van der Waals surface area contributed by atoms with Crippen LogP contribution in [0.4, 0.5) is 11.4 Å². The van der Waals surface area contributed by atoms with Crippen molar-refractivity contribution in [1.82, 2.24) is 0 Å². The lowest BCUT2D eigenvalue weighted by atomic mass is 10.1. The van der Waals surface area contributed by atoms with Crippen molar-refractivity contribution >= 4 is 40.3 Å². The number of hydrogen-bond acceptors (Lipinski definition) is 3. The number of para-hydroxylation sites is 1. The second-order valence-electron chi connectivity index (χ2n) is 4.60. The smallest absolute Gasteiger partial charge is 0.0776 e. The minimum absolute atomic E-state index is 0.663. The lowest BCUT2D eigenvalue weighted by Gasteiger charge is -2.17. The van der Waals surface area contributed by atoms with E-state index in [4.69, 9.17) is 23.2 Å². The SMILES string of the molecule is CNc1ccc(Cl)cc1/C(C)=N\N(C)c1ccccc1Cl. The van der Waals surface area contributed by atoms with Crippen LogP contribution >= 0.6 is 23.2 Å². The Bertz CT molecular complexity index is 668. The standard InChI is InChI=1S/C16H17Cl2N3/c1-11(13-10-12(17)8-9-15(13)19-2)20-21(3)16-7-5-4-6-14(16)18/h4-10,19H,1-3H3/b20-11-. The third-order valence-corrected chi connectivity index (χ3v) is 3.70. The van der Waals surface area contributed by atoms with Crippen LogP contribution in [0, 0.1) is 0 Å². The molecule has 2 rings (SSSR count). The fraction of sp³-hybridized carbons (Fsp3) is 0.188. The second kappa shape index (κ2) is 6.83. The van der Waals surface area contributed by atoms with Gasteiger partial charge in [0.15, 0.2) is 0 Å². The molecule has 0 fully saturated rings. The Morgan fingerprint density at radius 2 is 1.86 bits per heavy atom. The zero-order valence-corrected chi connectivity index (χ0v) is 13.7. The maximum absolute atomic E-state index is 6.19. The molecule has 0 aliphatic carbocycles. The molecule has 21 heavy (non-hydrogen) atoms. The van der Waals surface area contributed by atoms with E-state index in [-0.39, 0.29) is 0 Å². The van der Waals surface area contributed by atoms with E-state index in [0.717, 1.165) is 22.6 Å². The summed E-state index contributed by atoms with van der Waals surface area (Å²) >= 11 is 12.3. The molecule has 2 aromatic rings. The molecular formula is C16H17Cl2N3. The summed E-state index contributed by atoms with van der Waals surface area (Å²) in [4.78, 5) is 0. The first-order chi connectivity index (χ1) is 10.0. The molecule has 0 saturated heterocycles. The molecule has 0 radical (unpaired) electrons. The Hall–Kier alpha value is -1.71.